The lowest BCUT2D eigenvalue weighted by Crippen LogP contribution is -2.13. The van der Waals surface area contributed by atoms with Crippen molar-refractivity contribution in [1.29, 1.82) is 0 Å². The molecule has 0 aliphatic rings. The summed E-state index contributed by atoms with van der Waals surface area (Å²) in [6, 6.07) is 11.7. The highest BCUT2D eigenvalue weighted by molar-refractivity contribution is 7.94. The molecule has 2 N–H and O–H groups in total. The first-order chi connectivity index (χ1) is 12.7. The number of carbonyl (C=O) groups excluding carboxylic acids is 1. The first-order valence-corrected chi connectivity index (χ1v) is 10.4. The molecule has 140 valence electrons. The average Bonchev–Trinajstić information content (AvgIpc) is 3.08. The number of sulfonamides is 1. The number of hydrogen-bond acceptors (Lipinski definition) is 6. The predicted octanol–water partition coefficient (Wildman–Crippen LogP) is 3.86. The zero-order valence-corrected chi connectivity index (χ0v) is 16.7. The monoisotopic (exact) mass is 422 g/mol. The first kappa shape index (κ1) is 19.3. The van der Waals surface area contributed by atoms with Gasteiger partial charge in [-0.3, -0.25) is 14.8 Å². The van der Waals surface area contributed by atoms with Gasteiger partial charge in [-0.15, -0.1) is 10.2 Å². The number of benzene rings is 2. The SMILES string of the molecule is Cc1ccc(C)c(NS(=O)(=O)c2nnc(NC(=O)c3ccc(Cl)cc3)s2)c1. The number of aromatic nitrogens is 2. The van der Waals surface area contributed by atoms with E-state index in [2.05, 4.69) is 20.2 Å². The third-order valence-corrected chi connectivity index (χ3v) is 6.42. The Labute approximate surface area is 165 Å². The normalized spacial score (nSPS) is 11.2. The highest BCUT2D eigenvalue weighted by atomic mass is 35.5. The summed E-state index contributed by atoms with van der Waals surface area (Å²) in [4.78, 5) is 12.2. The minimum absolute atomic E-state index is 0.0799. The van der Waals surface area contributed by atoms with Crippen LogP contribution in [0.25, 0.3) is 0 Å². The molecular weight excluding hydrogens is 408 g/mol. The number of carbonyl (C=O) groups is 1. The van der Waals surface area contributed by atoms with Gasteiger partial charge in [0.15, 0.2) is 0 Å². The van der Waals surface area contributed by atoms with Crippen molar-refractivity contribution in [2.24, 2.45) is 0 Å². The summed E-state index contributed by atoms with van der Waals surface area (Å²) in [6.45, 7) is 3.67. The number of nitrogens with zero attached hydrogens (tertiary/aromatic N) is 2. The van der Waals surface area contributed by atoms with Crippen LogP contribution in [0.3, 0.4) is 0 Å². The number of aryl methyl sites for hydroxylation is 2. The lowest BCUT2D eigenvalue weighted by molar-refractivity contribution is 0.102. The van der Waals surface area contributed by atoms with Crippen LogP contribution in [0, 0.1) is 13.8 Å². The molecule has 7 nitrogen and oxygen atoms in total. The van der Waals surface area contributed by atoms with Crippen LogP contribution in [0.4, 0.5) is 10.8 Å². The third-order valence-electron chi connectivity index (χ3n) is 3.60. The number of nitrogens with one attached hydrogen (secondary N) is 2. The van der Waals surface area contributed by atoms with Gasteiger partial charge in [-0.25, -0.2) is 0 Å². The molecule has 1 amide bonds. The lowest BCUT2D eigenvalue weighted by Gasteiger charge is -2.09. The first-order valence-electron chi connectivity index (χ1n) is 7.75. The van der Waals surface area contributed by atoms with Gasteiger partial charge in [0.05, 0.1) is 5.69 Å². The van der Waals surface area contributed by atoms with Gasteiger partial charge in [-0.2, -0.15) is 8.42 Å². The Bertz CT molecular complexity index is 1100. The van der Waals surface area contributed by atoms with Crippen molar-refractivity contribution >= 4 is 49.7 Å². The quantitative estimate of drug-likeness (QED) is 0.608. The van der Waals surface area contributed by atoms with E-state index >= 15 is 0 Å². The molecule has 0 saturated heterocycles. The molecule has 0 atom stereocenters. The highest BCUT2D eigenvalue weighted by Crippen LogP contribution is 2.25. The average molecular weight is 423 g/mol. The zero-order valence-electron chi connectivity index (χ0n) is 14.4. The van der Waals surface area contributed by atoms with Crippen LogP contribution in [0.1, 0.15) is 21.5 Å². The molecule has 1 aromatic heterocycles. The largest absolute Gasteiger partial charge is 0.296 e. The van der Waals surface area contributed by atoms with Crippen LogP contribution < -0.4 is 10.0 Å². The molecule has 2 aromatic carbocycles. The highest BCUT2D eigenvalue weighted by Gasteiger charge is 2.22. The topological polar surface area (TPSA) is 101 Å². The fourth-order valence-corrected chi connectivity index (χ4v) is 4.32. The molecule has 1 heterocycles. The summed E-state index contributed by atoms with van der Waals surface area (Å²) >= 11 is 6.56. The van der Waals surface area contributed by atoms with Crippen LogP contribution in [0.2, 0.25) is 5.02 Å². The van der Waals surface area contributed by atoms with Crippen LogP contribution >= 0.6 is 22.9 Å². The van der Waals surface area contributed by atoms with E-state index in [1.165, 1.54) is 0 Å². The van der Waals surface area contributed by atoms with Gasteiger partial charge in [0.2, 0.25) is 5.13 Å². The van der Waals surface area contributed by atoms with E-state index in [0.717, 1.165) is 22.5 Å². The van der Waals surface area contributed by atoms with Gasteiger partial charge >= 0.3 is 0 Å². The minimum atomic E-state index is -3.91. The van der Waals surface area contributed by atoms with Gasteiger partial charge in [0, 0.05) is 10.6 Å². The second kappa shape index (κ2) is 7.63. The second-order valence-electron chi connectivity index (χ2n) is 5.76. The van der Waals surface area contributed by atoms with Crippen molar-refractivity contribution in [2.45, 2.75) is 18.2 Å². The van der Waals surface area contributed by atoms with E-state index in [1.54, 1.807) is 37.3 Å². The van der Waals surface area contributed by atoms with Crippen LogP contribution in [-0.4, -0.2) is 24.5 Å². The van der Waals surface area contributed by atoms with Crippen molar-refractivity contribution < 1.29 is 13.2 Å². The Balaban J connectivity index is 1.77. The fourth-order valence-electron chi connectivity index (χ4n) is 2.17. The van der Waals surface area contributed by atoms with E-state index in [4.69, 9.17) is 11.6 Å². The van der Waals surface area contributed by atoms with Gasteiger partial charge in [0.25, 0.3) is 20.3 Å². The molecule has 3 rings (SSSR count). The number of rotatable bonds is 5. The Morgan fingerprint density at radius 3 is 2.48 bits per heavy atom. The lowest BCUT2D eigenvalue weighted by atomic mass is 10.1. The van der Waals surface area contributed by atoms with Crippen molar-refractivity contribution in [3.63, 3.8) is 0 Å². The molecule has 0 bridgehead atoms. The summed E-state index contributed by atoms with van der Waals surface area (Å²) in [5, 5.41) is 10.5. The summed E-state index contributed by atoms with van der Waals surface area (Å²) < 4.78 is 27.3. The standard InChI is InChI=1S/C17H15ClN4O3S2/c1-10-3-4-11(2)14(9-10)22-27(24,25)17-21-20-16(26-17)19-15(23)12-5-7-13(18)8-6-12/h3-9,22H,1-2H3,(H,19,20,23). The Morgan fingerprint density at radius 2 is 1.78 bits per heavy atom. The van der Waals surface area contributed by atoms with Gasteiger partial charge in [0.1, 0.15) is 0 Å². The Morgan fingerprint density at radius 1 is 1.07 bits per heavy atom. The maximum absolute atomic E-state index is 12.5. The van der Waals surface area contributed by atoms with Gasteiger partial charge < -0.3 is 0 Å². The predicted molar refractivity (Wildman–Crippen MR) is 106 cm³/mol. The van der Waals surface area contributed by atoms with Crippen molar-refractivity contribution in [2.75, 3.05) is 10.0 Å². The summed E-state index contributed by atoms with van der Waals surface area (Å²) in [5.41, 5.74) is 2.54. The maximum atomic E-state index is 12.5. The molecule has 0 saturated carbocycles. The number of halogens is 1. The van der Waals surface area contributed by atoms with Crippen LogP contribution in [-0.2, 0) is 10.0 Å². The summed E-state index contributed by atoms with van der Waals surface area (Å²) in [5.74, 6) is -0.436. The molecule has 10 heteroatoms. The fraction of sp³-hybridized carbons (Fsp3) is 0.118. The van der Waals surface area contributed by atoms with E-state index in [-0.39, 0.29) is 9.47 Å². The number of amides is 1. The van der Waals surface area contributed by atoms with E-state index in [0.29, 0.717) is 16.3 Å². The molecular formula is C17H15ClN4O3S2. The van der Waals surface area contributed by atoms with Crippen molar-refractivity contribution in [3.05, 3.63) is 64.2 Å². The maximum Gasteiger partial charge on any atom is 0.291 e. The molecule has 0 fully saturated rings. The van der Waals surface area contributed by atoms with E-state index in [1.807, 2.05) is 19.1 Å². The Kier molecular flexibility index (Phi) is 5.45. The summed E-state index contributed by atoms with van der Waals surface area (Å²) in [6.07, 6.45) is 0. The van der Waals surface area contributed by atoms with Crippen molar-refractivity contribution in [1.82, 2.24) is 10.2 Å². The number of hydrogen-bond donors (Lipinski definition) is 2. The Hall–Kier alpha value is -2.49. The summed E-state index contributed by atoms with van der Waals surface area (Å²) in [7, 11) is -3.91. The molecule has 0 spiro atoms. The van der Waals surface area contributed by atoms with Crippen molar-refractivity contribution in [3.8, 4) is 0 Å². The zero-order chi connectivity index (χ0) is 19.6. The van der Waals surface area contributed by atoms with Gasteiger partial charge in [-0.05, 0) is 55.3 Å². The van der Waals surface area contributed by atoms with Gasteiger partial charge in [-0.1, -0.05) is 35.1 Å². The minimum Gasteiger partial charge on any atom is -0.296 e. The van der Waals surface area contributed by atoms with E-state index < -0.39 is 15.9 Å². The second-order valence-corrected chi connectivity index (χ2v) is 9.03. The molecule has 0 unspecified atom stereocenters. The molecule has 27 heavy (non-hydrogen) atoms. The third kappa shape index (κ3) is 4.62. The molecule has 3 aromatic rings. The smallest absolute Gasteiger partial charge is 0.291 e. The van der Waals surface area contributed by atoms with Crippen LogP contribution in [0.15, 0.2) is 46.8 Å². The number of anilines is 2. The molecule has 0 aliphatic heterocycles. The molecule has 0 radical (unpaired) electrons. The van der Waals surface area contributed by atoms with E-state index in [9.17, 15) is 13.2 Å². The molecule has 0 aliphatic carbocycles. The van der Waals surface area contributed by atoms with Crippen LogP contribution in [0.5, 0.6) is 0 Å².